The highest BCUT2D eigenvalue weighted by Gasteiger charge is 2.32. The van der Waals surface area contributed by atoms with E-state index in [0.717, 1.165) is 11.6 Å². The second-order valence-corrected chi connectivity index (χ2v) is 3.86. The molecule has 3 heteroatoms. The lowest BCUT2D eigenvalue weighted by Crippen LogP contribution is -2.22. The zero-order valence-electron chi connectivity index (χ0n) is 8.63. The van der Waals surface area contributed by atoms with Crippen molar-refractivity contribution in [3.8, 4) is 6.07 Å². The molecule has 2 rings (SSSR count). The quantitative estimate of drug-likeness (QED) is 0.778. The Morgan fingerprint density at radius 1 is 1.31 bits per heavy atom. The number of carbonyl (C=O) groups is 1. The lowest BCUT2D eigenvalue weighted by Gasteiger charge is -2.24. The number of hydrogen-bond acceptors (Lipinski definition) is 3. The van der Waals surface area contributed by atoms with Gasteiger partial charge in [-0.25, -0.2) is 0 Å². The first kappa shape index (κ1) is 10.4. The number of rotatable bonds is 1. The Hall–Kier alpha value is -2.08. The zero-order chi connectivity index (χ0) is 11.5. The van der Waals surface area contributed by atoms with Gasteiger partial charge < -0.3 is 5.11 Å². The lowest BCUT2D eigenvalue weighted by atomic mass is 9.78. The van der Waals surface area contributed by atoms with Crippen LogP contribution < -0.4 is 0 Å². The van der Waals surface area contributed by atoms with Crippen LogP contribution in [0.25, 0.3) is 0 Å². The van der Waals surface area contributed by atoms with E-state index in [0.29, 0.717) is 0 Å². The molecule has 3 nitrogen and oxygen atoms in total. The van der Waals surface area contributed by atoms with Crippen LogP contribution in [0.1, 0.15) is 17.9 Å². The molecular weight excluding hydrogens is 202 g/mol. The van der Waals surface area contributed by atoms with Crippen molar-refractivity contribution in [2.24, 2.45) is 5.92 Å². The summed E-state index contributed by atoms with van der Waals surface area (Å²) in [7, 11) is 0. The van der Waals surface area contributed by atoms with Gasteiger partial charge in [-0.05, 0) is 5.56 Å². The Balaban J connectivity index is 2.39. The molecule has 1 aliphatic carbocycles. The summed E-state index contributed by atoms with van der Waals surface area (Å²) in [6.07, 6.45) is 1.44. The molecule has 0 saturated carbocycles. The van der Waals surface area contributed by atoms with Crippen LogP contribution in [0.4, 0.5) is 0 Å². The number of hydrogen-bond donors (Lipinski definition) is 1. The first-order valence-corrected chi connectivity index (χ1v) is 5.10. The molecule has 2 atom stereocenters. The van der Waals surface area contributed by atoms with Crippen LogP contribution in [0.15, 0.2) is 42.2 Å². The van der Waals surface area contributed by atoms with Gasteiger partial charge in [-0.15, -0.1) is 0 Å². The Kier molecular flexibility index (Phi) is 2.74. The molecule has 16 heavy (non-hydrogen) atoms. The minimum atomic E-state index is -0.611. The molecule has 80 valence electrons. The molecule has 0 fully saturated rings. The van der Waals surface area contributed by atoms with Gasteiger partial charge in [0.05, 0.1) is 6.07 Å². The van der Waals surface area contributed by atoms with Crippen molar-refractivity contribution in [2.45, 2.75) is 12.3 Å². The van der Waals surface area contributed by atoms with E-state index in [1.165, 1.54) is 0 Å². The van der Waals surface area contributed by atoms with Gasteiger partial charge >= 0.3 is 0 Å². The molecule has 0 saturated heterocycles. The van der Waals surface area contributed by atoms with E-state index in [9.17, 15) is 9.90 Å². The third-order valence-electron chi connectivity index (χ3n) is 2.82. The summed E-state index contributed by atoms with van der Waals surface area (Å²) in [5.74, 6) is -1.09. The standard InChI is InChI=1S/C13H11NO2/c14-8-12-11(6-10(15)7-13(12)16)9-4-2-1-3-5-9/h1-5,7,11-12,16H,6H2/t11-,12+/m1/s1. The molecule has 0 spiro atoms. The van der Waals surface area contributed by atoms with Gasteiger partial charge in [0, 0.05) is 18.4 Å². The maximum atomic E-state index is 11.4. The summed E-state index contributed by atoms with van der Waals surface area (Å²) in [5.41, 5.74) is 0.919. The summed E-state index contributed by atoms with van der Waals surface area (Å²) in [6, 6.07) is 11.4. The molecule has 1 aromatic carbocycles. The van der Waals surface area contributed by atoms with Gasteiger partial charge in [-0.3, -0.25) is 4.79 Å². The first-order valence-electron chi connectivity index (χ1n) is 5.10. The number of carbonyl (C=O) groups excluding carboxylic acids is 1. The maximum Gasteiger partial charge on any atom is 0.159 e. The number of nitrogens with zero attached hydrogens (tertiary/aromatic N) is 1. The molecule has 0 aromatic heterocycles. The highest BCUT2D eigenvalue weighted by molar-refractivity contribution is 5.92. The highest BCUT2D eigenvalue weighted by Crippen LogP contribution is 2.35. The zero-order valence-corrected chi connectivity index (χ0v) is 8.63. The van der Waals surface area contributed by atoms with Crippen molar-refractivity contribution in [1.29, 1.82) is 5.26 Å². The topological polar surface area (TPSA) is 61.1 Å². The van der Waals surface area contributed by atoms with E-state index in [-0.39, 0.29) is 23.9 Å². The predicted octanol–water partition coefficient (Wildman–Crippen LogP) is 2.32. The minimum absolute atomic E-state index is 0.118. The average molecular weight is 213 g/mol. The fourth-order valence-corrected chi connectivity index (χ4v) is 2.02. The Bertz CT molecular complexity index is 470. The predicted molar refractivity (Wildman–Crippen MR) is 58.6 cm³/mol. The normalized spacial score (nSPS) is 24.7. The third-order valence-corrected chi connectivity index (χ3v) is 2.82. The molecular formula is C13H11NO2. The van der Waals surface area contributed by atoms with Crippen molar-refractivity contribution in [3.63, 3.8) is 0 Å². The van der Waals surface area contributed by atoms with Crippen molar-refractivity contribution >= 4 is 5.78 Å². The Morgan fingerprint density at radius 2 is 2.00 bits per heavy atom. The molecule has 0 unspecified atom stereocenters. The van der Waals surface area contributed by atoms with Gasteiger partial charge in [0.1, 0.15) is 11.7 Å². The minimum Gasteiger partial charge on any atom is -0.511 e. The fourth-order valence-electron chi connectivity index (χ4n) is 2.02. The molecule has 0 bridgehead atoms. The largest absolute Gasteiger partial charge is 0.511 e. The van der Waals surface area contributed by atoms with Crippen LogP contribution in [-0.4, -0.2) is 10.9 Å². The lowest BCUT2D eigenvalue weighted by molar-refractivity contribution is -0.115. The monoisotopic (exact) mass is 213 g/mol. The molecule has 1 aromatic rings. The maximum absolute atomic E-state index is 11.4. The molecule has 0 amide bonds. The van der Waals surface area contributed by atoms with E-state index in [1.807, 2.05) is 30.3 Å². The number of allylic oxidation sites excluding steroid dienone is 2. The summed E-state index contributed by atoms with van der Waals surface area (Å²) in [5, 5.41) is 18.6. The SMILES string of the molecule is N#C[C@@H]1C(O)=CC(=O)C[C@@H]1c1ccccc1. The molecule has 1 aliphatic rings. The van der Waals surface area contributed by atoms with Crippen LogP contribution >= 0.6 is 0 Å². The number of nitriles is 1. The van der Waals surface area contributed by atoms with E-state index in [1.54, 1.807) is 0 Å². The van der Waals surface area contributed by atoms with Crippen LogP contribution in [0.3, 0.4) is 0 Å². The van der Waals surface area contributed by atoms with Gasteiger partial charge in [-0.2, -0.15) is 5.26 Å². The summed E-state index contributed by atoms with van der Waals surface area (Å²) < 4.78 is 0. The van der Waals surface area contributed by atoms with Crippen LogP contribution in [0, 0.1) is 17.2 Å². The third kappa shape index (κ3) is 1.82. The Labute approximate surface area is 93.6 Å². The van der Waals surface area contributed by atoms with E-state index in [2.05, 4.69) is 6.07 Å². The number of aliphatic hydroxyl groups is 1. The van der Waals surface area contributed by atoms with Crippen LogP contribution in [0.5, 0.6) is 0 Å². The number of benzene rings is 1. The molecule has 1 N–H and O–H groups in total. The van der Waals surface area contributed by atoms with Gasteiger partial charge in [0.2, 0.25) is 0 Å². The van der Waals surface area contributed by atoms with Crippen LogP contribution in [0.2, 0.25) is 0 Å². The highest BCUT2D eigenvalue weighted by atomic mass is 16.3. The second-order valence-electron chi connectivity index (χ2n) is 3.86. The van der Waals surface area contributed by atoms with Gasteiger partial charge in [0.25, 0.3) is 0 Å². The van der Waals surface area contributed by atoms with Crippen molar-refractivity contribution in [2.75, 3.05) is 0 Å². The Morgan fingerprint density at radius 3 is 2.62 bits per heavy atom. The summed E-state index contributed by atoms with van der Waals surface area (Å²) >= 11 is 0. The molecule has 0 radical (unpaired) electrons. The molecule has 0 aliphatic heterocycles. The van der Waals surface area contributed by atoms with Crippen molar-refractivity contribution in [1.82, 2.24) is 0 Å². The number of aliphatic hydroxyl groups excluding tert-OH is 1. The number of ketones is 1. The summed E-state index contributed by atoms with van der Waals surface area (Å²) in [4.78, 5) is 11.4. The van der Waals surface area contributed by atoms with E-state index < -0.39 is 5.92 Å². The summed E-state index contributed by atoms with van der Waals surface area (Å²) in [6.45, 7) is 0. The van der Waals surface area contributed by atoms with E-state index >= 15 is 0 Å². The average Bonchev–Trinajstić information content (AvgIpc) is 2.29. The van der Waals surface area contributed by atoms with Crippen molar-refractivity contribution < 1.29 is 9.90 Å². The van der Waals surface area contributed by atoms with E-state index in [4.69, 9.17) is 5.26 Å². The molecule has 0 heterocycles. The first-order chi connectivity index (χ1) is 7.72. The second kappa shape index (κ2) is 4.19. The van der Waals surface area contributed by atoms with Gasteiger partial charge in [0.15, 0.2) is 5.78 Å². The fraction of sp³-hybridized carbons (Fsp3) is 0.231. The van der Waals surface area contributed by atoms with Crippen molar-refractivity contribution in [3.05, 3.63) is 47.7 Å². The van der Waals surface area contributed by atoms with Crippen LogP contribution in [-0.2, 0) is 4.79 Å². The van der Waals surface area contributed by atoms with Gasteiger partial charge in [-0.1, -0.05) is 30.3 Å². The smallest absolute Gasteiger partial charge is 0.159 e.